The molecule has 3 aliphatic rings. The van der Waals surface area contributed by atoms with Crippen LogP contribution in [0.3, 0.4) is 0 Å². The van der Waals surface area contributed by atoms with Gasteiger partial charge in [-0.3, -0.25) is 19.7 Å². The molecule has 518 valence electrons. The van der Waals surface area contributed by atoms with E-state index in [1.807, 2.05) is 40.7 Å². The summed E-state index contributed by atoms with van der Waals surface area (Å²) in [6.45, 7) is 53.5. The van der Waals surface area contributed by atoms with Gasteiger partial charge >= 0.3 is 0 Å². The van der Waals surface area contributed by atoms with Gasteiger partial charge in [0, 0.05) is 31.5 Å². The number of unbranched alkanes of at least 4 members (excludes halogenated alkanes) is 3. The Bertz CT molecular complexity index is 2230. The number of fused-ring (bicyclic) bond motifs is 1. The van der Waals surface area contributed by atoms with Crippen LogP contribution in [0.4, 0.5) is 20.2 Å². The molecular formula is C82H143F2N3O3. The van der Waals surface area contributed by atoms with E-state index in [1.165, 1.54) is 168 Å². The molecule has 1 saturated carbocycles. The number of nitrogens with zero attached hydrogens (tertiary/aromatic N) is 1. The van der Waals surface area contributed by atoms with Crippen molar-refractivity contribution >= 4 is 29.0 Å². The third-order valence-corrected chi connectivity index (χ3v) is 16.3. The lowest BCUT2D eigenvalue weighted by atomic mass is 9.71. The molecule has 90 heavy (non-hydrogen) atoms. The maximum absolute atomic E-state index is 12.2. The zero-order chi connectivity index (χ0) is 70.0. The predicted octanol–water partition coefficient (Wildman–Crippen LogP) is 26.1. The molecule has 0 spiro atoms. The van der Waals surface area contributed by atoms with Crippen LogP contribution in [0.5, 0.6) is 0 Å². The van der Waals surface area contributed by atoms with Crippen molar-refractivity contribution in [2.24, 2.45) is 29.6 Å². The van der Waals surface area contributed by atoms with E-state index in [1.54, 1.807) is 19.9 Å². The number of carbonyl (C=O) groups is 3. The van der Waals surface area contributed by atoms with Crippen molar-refractivity contribution in [3.05, 3.63) is 118 Å². The van der Waals surface area contributed by atoms with E-state index in [2.05, 4.69) is 170 Å². The fraction of sp³-hybridized carbons (Fsp3) is 0.671. The Kier molecular flexibility index (Phi) is 65.3. The van der Waals surface area contributed by atoms with Gasteiger partial charge in [0.05, 0.1) is 11.4 Å². The number of amides is 2. The van der Waals surface area contributed by atoms with Gasteiger partial charge in [-0.15, -0.1) is 6.42 Å². The second-order valence-corrected chi connectivity index (χ2v) is 24.2. The number of halogens is 2. The highest BCUT2D eigenvalue weighted by Crippen LogP contribution is 2.38. The van der Waals surface area contributed by atoms with Crippen molar-refractivity contribution in [2.75, 3.05) is 17.3 Å². The maximum atomic E-state index is 12.2. The quantitative estimate of drug-likeness (QED) is 0.0474. The van der Waals surface area contributed by atoms with Crippen molar-refractivity contribution in [3.63, 3.8) is 0 Å². The fourth-order valence-corrected chi connectivity index (χ4v) is 10.4. The van der Waals surface area contributed by atoms with Crippen LogP contribution < -0.4 is 15.5 Å². The summed E-state index contributed by atoms with van der Waals surface area (Å²) < 4.78 is 24.4. The Labute approximate surface area is 557 Å². The van der Waals surface area contributed by atoms with Crippen LogP contribution in [0.1, 0.15) is 323 Å². The third kappa shape index (κ3) is 46.9. The number of rotatable bonds is 24. The minimum atomic E-state index is -0.521. The van der Waals surface area contributed by atoms with Crippen molar-refractivity contribution < 1.29 is 23.2 Å². The van der Waals surface area contributed by atoms with Crippen molar-refractivity contribution in [3.8, 4) is 12.3 Å². The van der Waals surface area contributed by atoms with Crippen molar-refractivity contribution in [2.45, 2.75) is 326 Å². The molecule has 5 unspecified atom stereocenters. The SMILES string of the molecule is C#C/C(C)=C\C(=C/C(=C)C(CC)=C(CC)CC)C(C)=O.C1CCCC1.CC.CC.CCC.CCC/C=C1/Nc2ccc(C)cc2N1C.CCCC.CCCCC(CCC)C(C)C(C)C(CCC)CCC(C)CC.Cc1cc(F)cc(F)c1.O=C1CCCC(=O)N1. The monoisotopic (exact) mass is 1260 g/mol. The lowest BCUT2D eigenvalue weighted by Crippen LogP contribution is -2.33. The predicted molar refractivity (Wildman–Crippen MR) is 398 cm³/mol. The van der Waals surface area contributed by atoms with Gasteiger partial charge < -0.3 is 10.2 Å². The summed E-state index contributed by atoms with van der Waals surface area (Å²) in [5, 5.41) is 5.63. The van der Waals surface area contributed by atoms with Gasteiger partial charge in [-0.05, 0) is 166 Å². The largest absolute Gasteiger partial charge is 0.340 e. The van der Waals surface area contributed by atoms with Crippen LogP contribution in [-0.4, -0.2) is 24.6 Å². The van der Waals surface area contributed by atoms with Crippen molar-refractivity contribution in [1.29, 1.82) is 0 Å². The van der Waals surface area contributed by atoms with Crippen LogP contribution >= 0.6 is 0 Å². The Morgan fingerprint density at radius 2 is 1.12 bits per heavy atom. The topological polar surface area (TPSA) is 78.5 Å². The smallest absolute Gasteiger partial charge is 0.226 e. The highest BCUT2D eigenvalue weighted by atomic mass is 19.1. The molecule has 2 aromatic rings. The first-order chi connectivity index (χ1) is 42.9. The first-order valence-electron chi connectivity index (χ1n) is 36.3. The molecule has 5 atom stereocenters. The van der Waals surface area contributed by atoms with Crippen LogP contribution in [0.25, 0.3) is 0 Å². The molecule has 2 heterocycles. The van der Waals surface area contributed by atoms with E-state index in [0.29, 0.717) is 30.4 Å². The summed E-state index contributed by atoms with van der Waals surface area (Å²) in [6, 6.07) is 9.92. The minimum absolute atomic E-state index is 0.00532. The number of imide groups is 1. The molecule has 2 amide bonds. The molecule has 6 nitrogen and oxygen atoms in total. The van der Waals surface area contributed by atoms with Gasteiger partial charge in [0.1, 0.15) is 17.5 Å². The van der Waals surface area contributed by atoms with Crippen LogP contribution in [0, 0.1) is 67.4 Å². The van der Waals surface area contributed by atoms with Gasteiger partial charge in [-0.25, -0.2) is 8.78 Å². The van der Waals surface area contributed by atoms with Crippen LogP contribution in [-0.2, 0) is 14.4 Å². The molecule has 1 aliphatic carbocycles. The average molecular weight is 1260 g/mol. The van der Waals surface area contributed by atoms with Crippen LogP contribution in [0.2, 0.25) is 0 Å². The van der Waals surface area contributed by atoms with Crippen molar-refractivity contribution in [1.82, 2.24) is 5.32 Å². The normalized spacial score (nSPS) is 14.8. The highest BCUT2D eigenvalue weighted by molar-refractivity contribution is 5.97. The maximum Gasteiger partial charge on any atom is 0.226 e. The number of Topliss-reactive ketones (excluding diaryl/α,β-unsaturated/α-hetero) is 1. The summed E-state index contributed by atoms with van der Waals surface area (Å²) in [5.74, 6) is 7.06. The number of benzene rings is 2. The first kappa shape index (κ1) is 93.7. The zero-order valence-corrected chi connectivity index (χ0v) is 63.2. The summed E-state index contributed by atoms with van der Waals surface area (Å²) in [7, 11) is 2.11. The molecule has 5 rings (SSSR count). The number of ketones is 1. The van der Waals surface area contributed by atoms with E-state index >= 15 is 0 Å². The van der Waals surface area contributed by atoms with Gasteiger partial charge in [-0.2, -0.15) is 0 Å². The van der Waals surface area contributed by atoms with Crippen LogP contribution in [0.15, 0.2) is 94.9 Å². The third-order valence-electron chi connectivity index (χ3n) is 16.3. The Morgan fingerprint density at radius 3 is 1.49 bits per heavy atom. The number of anilines is 2. The molecule has 0 radical (unpaired) electrons. The van der Waals surface area contributed by atoms with E-state index in [4.69, 9.17) is 6.42 Å². The molecule has 2 fully saturated rings. The van der Waals surface area contributed by atoms with Gasteiger partial charge in [0.15, 0.2) is 5.78 Å². The number of hydrogen-bond acceptors (Lipinski definition) is 5. The highest BCUT2D eigenvalue weighted by Gasteiger charge is 2.28. The average Bonchev–Trinajstić information content (AvgIpc) is 1.99. The standard InChI is InChI=1S/C22H46.C19H26O.C13H18N2.C7H6F2.C5H7NO2.C5H10.C4H10.C3H8.2C2H6/c1-8-12-15-21(13-9-2)19(6)20(7)22(14-10-3)17-16-18(5)11-4;1-8-14(5)12-18(16(7)20)13-15(6)19(11-4)17(9-2)10-3;1-4-5-6-13-14-11-8-7-10(2)9-12(11)15(13)3;1-5-2-6(8)4-7(9)3-5;7-4-2-1-3-5(8)6-4;1-2-4-5-3-1;1-3-4-2;1-3-2;2*1-2/h18-22H,8-17H2,1-7H3;1,12-13H,6,9-11H2,2-5,7H3;6-9,14H,4-5H2,1-3H3;2-4H,1H3;1-3H2,(H,6,7,8);1-5H2;3-4H2,1-2H3;3H2,1-2H3;2*1-2H3/b;14-12-,18-13+;13-6-;;;;;;;. The summed E-state index contributed by atoms with van der Waals surface area (Å²) in [6.07, 6.45) is 43.7. The van der Waals surface area contributed by atoms with E-state index in [0.717, 1.165) is 72.5 Å². The number of allylic oxidation sites excluding steroid dienone is 8. The second-order valence-electron chi connectivity index (χ2n) is 24.2. The molecule has 1 saturated heterocycles. The number of nitrogens with one attached hydrogen (secondary N) is 2. The Hall–Kier alpha value is -5.03. The second kappa shape index (κ2) is 62.8. The Morgan fingerprint density at radius 1 is 0.633 bits per heavy atom. The molecule has 8 heteroatoms. The number of terminal acetylenes is 1. The van der Waals surface area contributed by atoms with Gasteiger partial charge in [0.2, 0.25) is 11.8 Å². The summed E-state index contributed by atoms with van der Waals surface area (Å²) in [4.78, 5) is 34.6. The molecular weight excluding hydrogens is 1110 g/mol. The van der Waals surface area contributed by atoms with E-state index < -0.39 is 11.6 Å². The van der Waals surface area contributed by atoms with Gasteiger partial charge in [-0.1, -0.05) is 271 Å². The molecule has 2 aliphatic heterocycles. The molecule has 2 aromatic carbocycles. The minimum Gasteiger partial charge on any atom is -0.340 e. The molecule has 0 bridgehead atoms. The van der Waals surface area contributed by atoms with Gasteiger partial charge in [0.25, 0.3) is 0 Å². The zero-order valence-electron chi connectivity index (χ0n) is 63.2. The lowest BCUT2D eigenvalue weighted by molar-refractivity contribution is -0.133. The number of aryl methyl sites for hydroxylation is 2. The fourth-order valence-electron chi connectivity index (χ4n) is 10.4. The van der Waals surface area contributed by atoms with E-state index in [9.17, 15) is 23.2 Å². The van der Waals surface area contributed by atoms with E-state index in [-0.39, 0.29) is 17.6 Å². The number of piperidine rings is 1. The lowest BCUT2D eigenvalue weighted by Gasteiger charge is -2.35. The number of hydrogen-bond donors (Lipinski definition) is 2. The molecule has 2 N–H and O–H groups in total. The Balaban J connectivity index is -0.000000323. The number of carbonyl (C=O) groups excluding carboxylic acids is 3. The molecule has 0 aromatic heterocycles. The first-order valence-corrected chi connectivity index (χ1v) is 36.3. The summed E-state index contributed by atoms with van der Waals surface area (Å²) >= 11 is 0. The summed E-state index contributed by atoms with van der Waals surface area (Å²) in [5.41, 5.74) is 9.32.